The van der Waals surface area contributed by atoms with Crippen molar-refractivity contribution in [2.24, 2.45) is 0 Å². The Morgan fingerprint density at radius 2 is 1.02 bits per heavy atom. The van der Waals surface area contributed by atoms with Gasteiger partial charge in [-0.2, -0.15) is 0 Å². The van der Waals surface area contributed by atoms with Crippen LogP contribution in [0.2, 0.25) is 0 Å². The number of aromatic nitrogens is 6. The lowest BCUT2D eigenvalue weighted by Gasteiger charge is -2.26. The summed E-state index contributed by atoms with van der Waals surface area (Å²) in [5.41, 5.74) is 10.8. The molecule has 0 atom stereocenters. The molecule has 0 spiro atoms. The van der Waals surface area contributed by atoms with E-state index in [0.717, 1.165) is 82.9 Å². The zero-order valence-electron chi connectivity index (χ0n) is 27.6. The first kappa shape index (κ1) is 30.0. The molecule has 244 valence electrons. The molecule has 0 amide bonds. The number of hydrogen-bond donors (Lipinski definition) is 0. The van der Waals surface area contributed by atoms with Crippen LogP contribution < -0.4 is 4.90 Å². The summed E-state index contributed by atoms with van der Waals surface area (Å²) in [6.45, 7) is 0. The number of hydrogen-bond acceptors (Lipinski definition) is 8. The molecule has 0 fully saturated rings. The van der Waals surface area contributed by atoms with Crippen LogP contribution in [0.4, 0.5) is 17.1 Å². The van der Waals surface area contributed by atoms with E-state index in [-0.39, 0.29) is 0 Å². The van der Waals surface area contributed by atoms with Gasteiger partial charge in [0.15, 0.2) is 0 Å². The van der Waals surface area contributed by atoms with E-state index >= 15 is 0 Å². The molecular weight excluding hydrogens is 659 g/mol. The molecular formula is C44H27N7S. The molecule has 7 nitrogen and oxygen atoms in total. The molecule has 10 rings (SSSR count). The molecule has 0 unspecified atom stereocenters. The van der Waals surface area contributed by atoms with Crippen LogP contribution in [0, 0.1) is 0 Å². The van der Waals surface area contributed by atoms with Crippen molar-refractivity contribution in [3.63, 3.8) is 0 Å². The van der Waals surface area contributed by atoms with E-state index in [9.17, 15) is 0 Å². The fourth-order valence-corrected chi connectivity index (χ4v) is 7.85. The number of fused-ring (bicyclic) bond motifs is 5. The first-order valence-corrected chi connectivity index (χ1v) is 17.7. The second-order valence-electron chi connectivity index (χ2n) is 12.5. The van der Waals surface area contributed by atoms with Crippen molar-refractivity contribution in [1.82, 2.24) is 29.9 Å². The minimum absolute atomic E-state index is 0.918. The fourth-order valence-electron chi connectivity index (χ4n) is 6.81. The Kier molecular flexibility index (Phi) is 7.18. The van der Waals surface area contributed by atoms with Crippen molar-refractivity contribution in [1.29, 1.82) is 0 Å². The van der Waals surface area contributed by atoms with E-state index in [2.05, 4.69) is 129 Å². The lowest BCUT2D eigenvalue weighted by atomic mass is 10.0. The SMILES string of the molecule is c1ccc2c(c1)sc1ncnc(-c3ccc(N(c4ccc(-c5ccc6cnccc6n5)cc4)c4ccc(-c5ccc6cnccc6n5)cc4)cc3)c12. The Labute approximate surface area is 302 Å². The molecule has 6 heterocycles. The maximum atomic E-state index is 4.90. The van der Waals surface area contributed by atoms with E-state index in [4.69, 9.17) is 15.0 Å². The van der Waals surface area contributed by atoms with E-state index < -0.39 is 0 Å². The summed E-state index contributed by atoms with van der Waals surface area (Å²) in [4.78, 5) is 30.9. The lowest BCUT2D eigenvalue weighted by molar-refractivity contribution is 1.23. The number of nitrogens with zero attached hydrogens (tertiary/aromatic N) is 7. The second kappa shape index (κ2) is 12.5. The Morgan fingerprint density at radius 1 is 0.481 bits per heavy atom. The molecule has 0 bridgehead atoms. The van der Waals surface area contributed by atoms with Crippen LogP contribution in [0.5, 0.6) is 0 Å². The maximum absolute atomic E-state index is 4.90. The molecule has 10 aromatic rings. The molecule has 0 N–H and O–H groups in total. The van der Waals surface area contributed by atoms with E-state index in [0.29, 0.717) is 0 Å². The van der Waals surface area contributed by atoms with Gasteiger partial charge >= 0.3 is 0 Å². The standard InChI is InChI=1S/C44H27N7S/c1-2-4-41-36(3-1)42-43(47-27-48-44(42)52-41)30-9-17-35(18-10-30)51(33-13-5-28(6-14-33)37-19-11-31-25-45-23-21-39(31)49-37)34-15-7-29(8-16-34)38-20-12-32-26-46-24-22-40(32)50-38/h1-27H. The van der Waals surface area contributed by atoms with E-state index in [1.165, 1.54) is 10.1 Å². The molecule has 6 aromatic heterocycles. The van der Waals surface area contributed by atoms with Gasteiger partial charge in [-0.1, -0.05) is 54.6 Å². The second-order valence-corrected chi connectivity index (χ2v) is 13.5. The summed E-state index contributed by atoms with van der Waals surface area (Å²) in [6.07, 6.45) is 8.90. The third-order valence-corrected chi connectivity index (χ3v) is 10.5. The number of pyridine rings is 4. The number of rotatable bonds is 6. The first-order valence-electron chi connectivity index (χ1n) is 16.9. The summed E-state index contributed by atoms with van der Waals surface area (Å²) in [5, 5.41) is 4.31. The van der Waals surface area contributed by atoms with Gasteiger partial charge in [-0.15, -0.1) is 11.3 Å². The molecule has 0 radical (unpaired) electrons. The molecule has 4 aromatic carbocycles. The van der Waals surface area contributed by atoms with E-state index in [1.807, 2.05) is 36.7 Å². The normalized spacial score (nSPS) is 11.5. The highest BCUT2D eigenvalue weighted by Gasteiger charge is 2.17. The minimum atomic E-state index is 0.918. The van der Waals surface area contributed by atoms with Crippen molar-refractivity contribution in [2.45, 2.75) is 0 Å². The third-order valence-electron chi connectivity index (χ3n) is 9.40. The average Bonchev–Trinajstić information content (AvgIpc) is 3.61. The number of anilines is 3. The van der Waals surface area contributed by atoms with Crippen LogP contribution >= 0.6 is 11.3 Å². The number of benzene rings is 4. The molecule has 0 aliphatic heterocycles. The van der Waals surface area contributed by atoms with Gasteiger partial charge in [0.25, 0.3) is 0 Å². The predicted octanol–water partition coefficient (Wildman–Crippen LogP) is 11.2. The Balaban J connectivity index is 1.04. The van der Waals surface area contributed by atoms with Crippen LogP contribution in [0.1, 0.15) is 0 Å². The van der Waals surface area contributed by atoms with Crippen molar-refractivity contribution >= 4 is 70.5 Å². The van der Waals surface area contributed by atoms with Crippen LogP contribution in [0.3, 0.4) is 0 Å². The van der Waals surface area contributed by atoms with Gasteiger partial charge in [-0.3, -0.25) is 9.97 Å². The van der Waals surface area contributed by atoms with Gasteiger partial charge in [-0.05, 0) is 78.9 Å². The molecule has 0 aliphatic rings. The van der Waals surface area contributed by atoms with Crippen LogP contribution in [0.25, 0.3) is 75.9 Å². The highest BCUT2D eigenvalue weighted by Crippen LogP contribution is 2.40. The quantitative estimate of drug-likeness (QED) is 0.172. The summed E-state index contributed by atoms with van der Waals surface area (Å²) >= 11 is 1.70. The van der Waals surface area contributed by atoms with Gasteiger partial charge in [0.2, 0.25) is 0 Å². The summed E-state index contributed by atoms with van der Waals surface area (Å²) in [7, 11) is 0. The Bertz CT molecular complexity index is 2780. The summed E-state index contributed by atoms with van der Waals surface area (Å²) in [6, 6.07) is 46.3. The van der Waals surface area contributed by atoms with Gasteiger partial charge in [0.1, 0.15) is 11.2 Å². The van der Waals surface area contributed by atoms with Crippen molar-refractivity contribution in [3.05, 3.63) is 165 Å². The summed E-state index contributed by atoms with van der Waals surface area (Å²) < 4.78 is 1.21. The molecule has 8 heteroatoms. The minimum Gasteiger partial charge on any atom is -0.311 e. The van der Waals surface area contributed by atoms with Gasteiger partial charge in [0, 0.05) is 84.8 Å². The molecule has 0 saturated heterocycles. The van der Waals surface area contributed by atoms with Crippen LogP contribution in [-0.2, 0) is 0 Å². The van der Waals surface area contributed by atoms with Crippen molar-refractivity contribution in [2.75, 3.05) is 4.90 Å². The fraction of sp³-hybridized carbons (Fsp3) is 0. The molecule has 52 heavy (non-hydrogen) atoms. The van der Waals surface area contributed by atoms with Gasteiger partial charge in [0.05, 0.1) is 28.1 Å². The highest BCUT2D eigenvalue weighted by atomic mass is 32.1. The zero-order valence-corrected chi connectivity index (χ0v) is 28.4. The number of thiophene rings is 1. The largest absolute Gasteiger partial charge is 0.311 e. The smallest absolute Gasteiger partial charge is 0.128 e. The monoisotopic (exact) mass is 685 g/mol. The average molecular weight is 686 g/mol. The van der Waals surface area contributed by atoms with Gasteiger partial charge < -0.3 is 4.90 Å². The predicted molar refractivity (Wildman–Crippen MR) is 212 cm³/mol. The van der Waals surface area contributed by atoms with Crippen molar-refractivity contribution in [3.8, 4) is 33.8 Å². The molecule has 0 aliphatic carbocycles. The van der Waals surface area contributed by atoms with Crippen LogP contribution in [0.15, 0.2) is 165 Å². The van der Waals surface area contributed by atoms with Crippen molar-refractivity contribution < 1.29 is 0 Å². The van der Waals surface area contributed by atoms with Gasteiger partial charge in [-0.25, -0.2) is 19.9 Å². The first-order chi connectivity index (χ1) is 25.7. The highest BCUT2D eigenvalue weighted by molar-refractivity contribution is 7.25. The van der Waals surface area contributed by atoms with Crippen LogP contribution in [-0.4, -0.2) is 29.9 Å². The Hall–Kier alpha value is -6.90. The topological polar surface area (TPSA) is 80.6 Å². The Morgan fingerprint density at radius 3 is 1.60 bits per heavy atom. The summed E-state index contributed by atoms with van der Waals surface area (Å²) in [5.74, 6) is 0. The lowest BCUT2D eigenvalue weighted by Crippen LogP contribution is -2.10. The maximum Gasteiger partial charge on any atom is 0.128 e. The third kappa shape index (κ3) is 5.30. The zero-order chi connectivity index (χ0) is 34.4. The van der Waals surface area contributed by atoms with E-state index in [1.54, 1.807) is 30.1 Å². The molecule has 0 saturated carbocycles.